The van der Waals surface area contributed by atoms with E-state index in [9.17, 15) is 9.59 Å². The zero-order chi connectivity index (χ0) is 18.4. The Morgan fingerprint density at radius 1 is 1.12 bits per heavy atom. The summed E-state index contributed by atoms with van der Waals surface area (Å²) in [5.74, 6) is 0.522. The van der Waals surface area contributed by atoms with Gasteiger partial charge in [-0.1, -0.05) is 30.3 Å². The number of nitrogens with one attached hydrogen (secondary N) is 2. The van der Waals surface area contributed by atoms with Crippen molar-refractivity contribution in [2.24, 2.45) is 0 Å². The monoisotopic (exact) mass is 357 g/mol. The topological polar surface area (TPSA) is 83.8 Å². The number of carbonyl (C=O) groups excluding carboxylic acids is 2. The molecular formula is C19H23N3O4. The molecule has 3 rings (SSSR count). The lowest BCUT2D eigenvalue weighted by molar-refractivity contribution is -0.143. The molecule has 138 valence electrons. The van der Waals surface area contributed by atoms with E-state index in [2.05, 4.69) is 10.6 Å². The summed E-state index contributed by atoms with van der Waals surface area (Å²) in [6.45, 7) is 3.15. The highest BCUT2D eigenvalue weighted by molar-refractivity contribution is 5.84. The number of ether oxygens (including phenoxy) is 1. The van der Waals surface area contributed by atoms with Crippen molar-refractivity contribution < 1.29 is 18.7 Å². The number of morpholine rings is 1. The van der Waals surface area contributed by atoms with Crippen LogP contribution < -0.4 is 10.6 Å². The molecule has 0 spiro atoms. The number of urea groups is 1. The quantitative estimate of drug-likeness (QED) is 0.858. The Bertz CT molecular complexity index is 718. The molecular weight excluding hydrogens is 334 g/mol. The maximum Gasteiger partial charge on any atom is 0.315 e. The average molecular weight is 357 g/mol. The summed E-state index contributed by atoms with van der Waals surface area (Å²) in [7, 11) is 0. The van der Waals surface area contributed by atoms with Crippen molar-refractivity contribution in [3.05, 3.63) is 60.1 Å². The van der Waals surface area contributed by atoms with E-state index >= 15 is 0 Å². The maximum absolute atomic E-state index is 12.5. The minimum Gasteiger partial charge on any atom is -0.467 e. The van der Waals surface area contributed by atoms with Gasteiger partial charge in [0.25, 0.3) is 0 Å². The summed E-state index contributed by atoms with van der Waals surface area (Å²) >= 11 is 0. The van der Waals surface area contributed by atoms with Gasteiger partial charge in [0.15, 0.2) is 0 Å². The molecule has 2 N–H and O–H groups in total. The van der Waals surface area contributed by atoms with Gasteiger partial charge in [0.1, 0.15) is 11.9 Å². The molecule has 1 aromatic heterocycles. The summed E-state index contributed by atoms with van der Waals surface area (Å²) in [5, 5.41) is 5.24. The number of carbonyl (C=O) groups is 2. The first-order valence-corrected chi connectivity index (χ1v) is 8.64. The Labute approximate surface area is 152 Å². The van der Waals surface area contributed by atoms with Crippen LogP contribution in [0.3, 0.4) is 0 Å². The predicted molar refractivity (Wildman–Crippen MR) is 95.3 cm³/mol. The molecule has 2 heterocycles. The van der Waals surface area contributed by atoms with Crippen molar-refractivity contribution in [1.82, 2.24) is 15.5 Å². The van der Waals surface area contributed by atoms with Crippen molar-refractivity contribution in [1.29, 1.82) is 0 Å². The molecule has 1 aliphatic heterocycles. The van der Waals surface area contributed by atoms with Gasteiger partial charge in [0, 0.05) is 6.54 Å². The molecule has 0 radical (unpaired) electrons. The lowest BCUT2D eigenvalue weighted by Crippen LogP contribution is -2.50. The van der Waals surface area contributed by atoms with E-state index in [0.717, 1.165) is 5.56 Å². The second-order valence-electron chi connectivity index (χ2n) is 6.26. The molecule has 2 atom stereocenters. The van der Waals surface area contributed by atoms with E-state index in [-0.39, 0.29) is 31.2 Å². The van der Waals surface area contributed by atoms with Crippen LogP contribution in [0.25, 0.3) is 0 Å². The number of amides is 3. The molecule has 1 aliphatic rings. The fraction of sp³-hybridized carbons (Fsp3) is 0.368. The maximum atomic E-state index is 12.5. The van der Waals surface area contributed by atoms with Crippen molar-refractivity contribution in [3.63, 3.8) is 0 Å². The van der Waals surface area contributed by atoms with Crippen LogP contribution in [-0.2, 0) is 16.1 Å². The molecule has 0 aliphatic carbocycles. The van der Waals surface area contributed by atoms with Gasteiger partial charge in [-0.2, -0.15) is 0 Å². The SMILES string of the molecule is C[C@H]1CN(C(=O)CNC(=O)NCc2ccco2)C[C@@H](c2ccccc2)O1. The molecule has 1 fully saturated rings. The first kappa shape index (κ1) is 18.0. The second-order valence-corrected chi connectivity index (χ2v) is 6.26. The lowest BCUT2D eigenvalue weighted by Gasteiger charge is -2.37. The normalized spacial score (nSPS) is 19.8. The van der Waals surface area contributed by atoms with Crippen LogP contribution in [0.2, 0.25) is 0 Å². The average Bonchev–Trinajstić information content (AvgIpc) is 3.18. The number of nitrogens with zero attached hydrogens (tertiary/aromatic N) is 1. The highest BCUT2D eigenvalue weighted by atomic mass is 16.5. The van der Waals surface area contributed by atoms with Crippen LogP contribution in [0, 0.1) is 0 Å². The molecule has 3 amide bonds. The summed E-state index contributed by atoms with van der Waals surface area (Å²) in [6, 6.07) is 13.0. The van der Waals surface area contributed by atoms with Crippen LogP contribution in [-0.4, -0.2) is 42.6 Å². The zero-order valence-electron chi connectivity index (χ0n) is 14.7. The number of rotatable bonds is 5. The van der Waals surface area contributed by atoms with E-state index in [1.807, 2.05) is 37.3 Å². The molecule has 0 saturated carbocycles. The molecule has 7 heteroatoms. The van der Waals surface area contributed by atoms with Gasteiger partial charge >= 0.3 is 6.03 Å². The standard InChI is InChI=1S/C19H23N3O4/c1-14-12-22(13-17(26-14)15-6-3-2-4-7-15)18(23)11-21-19(24)20-10-16-8-5-9-25-16/h2-9,14,17H,10-13H2,1H3,(H2,20,21,24)/t14-,17-/m0/s1. The van der Waals surface area contributed by atoms with Crippen LogP contribution in [0.4, 0.5) is 4.79 Å². The smallest absolute Gasteiger partial charge is 0.315 e. The largest absolute Gasteiger partial charge is 0.467 e. The van der Waals surface area contributed by atoms with E-state index in [1.54, 1.807) is 23.3 Å². The minimum atomic E-state index is -0.407. The molecule has 1 aromatic carbocycles. The Hall–Kier alpha value is -2.80. The molecule has 2 aromatic rings. The van der Waals surface area contributed by atoms with Gasteiger partial charge in [-0.25, -0.2) is 4.79 Å². The Kier molecular flexibility index (Phi) is 5.91. The van der Waals surface area contributed by atoms with Crippen molar-refractivity contribution in [2.45, 2.75) is 25.7 Å². The summed E-state index contributed by atoms with van der Waals surface area (Å²) < 4.78 is 11.1. The summed E-state index contributed by atoms with van der Waals surface area (Å²) in [5.41, 5.74) is 1.04. The van der Waals surface area contributed by atoms with E-state index < -0.39 is 6.03 Å². The van der Waals surface area contributed by atoms with Gasteiger partial charge in [-0.15, -0.1) is 0 Å². The van der Waals surface area contributed by atoms with Crippen LogP contribution in [0.15, 0.2) is 53.1 Å². The van der Waals surface area contributed by atoms with Crippen molar-refractivity contribution in [2.75, 3.05) is 19.6 Å². The molecule has 0 unspecified atom stereocenters. The van der Waals surface area contributed by atoms with E-state index in [1.165, 1.54) is 0 Å². The molecule has 7 nitrogen and oxygen atoms in total. The first-order chi connectivity index (χ1) is 12.6. The third kappa shape index (κ3) is 4.86. The number of benzene rings is 1. The van der Waals surface area contributed by atoms with Gasteiger partial charge in [-0.3, -0.25) is 4.79 Å². The molecule has 0 bridgehead atoms. The highest BCUT2D eigenvalue weighted by Crippen LogP contribution is 2.24. The number of hydrogen-bond donors (Lipinski definition) is 2. The van der Waals surface area contributed by atoms with Crippen LogP contribution in [0.5, 0.6) is 0 Å². The third-order valence-corrected chi connectivity index (χ3v) is 4.19. The fourth-order valence-corrected chi connectivity index (χ4v) is 2.92. The number of hydrogen-bond acceptors (Lipinski definition) is 4. The number of furan rings is 1. The molecule has 26 heavy (non-hydrogen) atoms. The van der Waals surface area contributed by atoms with Crippen LogP contribution in [0.1, 0.15) is 24.4 Å². The predicted octanol–water partition coefficient (Wildman–Crippen LogP) is 2.07. The van der Waals surface area contributed by atoms with Crippen molar-refractivity contribution >= 4 is 11.9 Å². The Morgan fingerprint density at radius 3 is 2.65 bits per heavy atom. The Morgan fingerprint density at radius 2 is 1.92 bits per heavy atom. The van der Waals surface area contributed by atoms with Gasteiger partial charge in [0.2, 0.25) is 5.91 Å². The van der Waals surface area contributed by atoms with E-state index in [0.29, 0.717) is 18.8 Å². The third-order valence-electron chi connectivity index (χ3n) is 4.19. The first-order valence-electron chi connectivity index (χ1n) is 8.64. The fourth-order valence-electron chi connectivity index (χ4n) is 2.92. The van der Waals surface area contributed by atoms with Gasteiger partial charge < -0.3 is 24.7 Å². The highest BCUT2D eigenvalue weighted by Gasteiger charge is 2.29. The minimum absolute atomic E-state index is 0.0573. The van der Waals surface area contributed by atoms with Gasteiger partial charge in [0.05, 0.1) is 32.0 Å². The summed E-state index contributed by atoms with van der Waals surface area (Å²) in [4.78, 5) is 26.0. The Balaban J connectivity index is 1.48. The van der Waals surface area contributed by atoms with Crippen molar-refractivity contribution in [3.8, 4) is 0 Å². The van der Waals surface area contributed by atoms with Crippen LogP contribution >= 0.6 is 0 Å². The van der Waals surface area contributed by atoms with Gasteiger partial charge in [-0.05, 0) is 24.6 Å². The van der Waals surface area contributed by atoms with E-state index in [4.69, 9.17) is 9.15 Å². The summed E-state index contributed by atoms with van der Waals surface area (Å²) in [6.07, 6.45) is 1.32. The lowest BCUT2D eigenvalue weighted by atomic mass is 10.1. The second kappa shape index (κ2) is 8.53. The zero-order valence-corrected chi connectivity index (χ0v) is 14.7. The molecule has 1 saturated heterocycles.